The molecule has 0 amide bonds. The van der Waals surface area contributed by atoms with Crippen molar-refractivity contribution in [2.45, 2.75) is 69.1 Å². The van der Waals surface area contributed by atoms with Crippen LogP contribution in [-0.4, -0.2) is 60.3 Å². The van der Waals surface area contributed by atoms with Crippen LogP contribution in [0.25, 0.3) is 10.8 Å². The fourth-order valence-corrected chi connectivity index (χ4v) is 6.56. The lowest BCUT2D eigenvalue weighted by atomic mass is 9.72. The molecule has 1 unspecified atom stereocenters. The summed E-state index contributed by atoms with van der Waals surface area (Å²) >= 11 is 6.79. The Morgan fingerprint density at radius 2 is 1.70 bits per heavy atom. The minimum Gasteiger partial charge on any atom is -0.487 e. The zero-order valence-corrected chi connectivity index (χ0v) is 23.1. The molecule has 2 aliphatic rings. The number of fused-ring (bicyclic) bond motifs is 1. The van der Waals surface area contributed by atoms with Crippen molar-refractivity contribution in [3.8, 4) is 5.75 Å². The standard InChI is InChI=1S/C32H41ClN2O2/c1-34(2)28-14-18-35(19-15-28)22-29(32(36)16-6-3-7-17-32)27-12-13-31(30(33)21-27)37-23-24-10-11-25-8-4-5-9-26(25)20-24/h4-5,8-13,20-21,28-29,36H,3,6-7,14-19,22-23H2,1-2H3. The third-order valence-corrected chi connectivity index (χ3v) is 8.96. The molecule has 3 aromatic carbocycles. The Labute approximate surface area is 227 Å². The molecule has 2 fully saturated rings. The Morgan fingerprint density at radius 1 is 0.973 bits per heavy atom. The van der Waals surface area contributed by atoms with Crippen LogP contribution in [0.1, 0.15) is 62.0 Å². The molecule has 1 aliphatic carbocycles. The van der Waals surface area contributed by atoms with E-state index < -0.39 is 5.60 Å². The van der Waals surface area contributed by atoms with Crippen molar-refractivity contribution in [1.82, 2.24) is 9.80 Å². The summed E-state index contributed by atoms with van der Waals surface area (Å²) in [7, 11) is 4.36. The Balaban J connectivity index is 1.31. The first-order chi connectivity index (χ1) is 17.9. The van der Waals surface area contributed by atoms with Crippen LogP contribution in [0.15, 0.2) is 60.7 Å². The summed E-state index contributed by atoms with van der Waals surface area (Å²) in [5.41, 5.74) is 1.57. The first-order valence-electron chi connectivity index (χ1n) is 13.9. The van der Waals surface area contributed by atoms with Crippen LogP contribution >= 0.6 is 11.6 Å². The number of likely N-dealkylation sites (tertiary alicyclic amines) is 1. The second-order valence-electron chi connectivity index (χ2n) is 11.4. The van der Waals surface area contributed by atoms with Gasteiger partial charge in [-0.1, -0.05) is 73.3 Å². The maximum atomic E-state index is 11.8. The van der Waals surface area contributed by atoms with E-state index in [1.165, 1.54) is 30.0 Å². The molecule has 1 N–H and O–H groups in total. The predicted molar refractivity (Wildman–Crippen MR) is 154 cm³/mol. The molecule has 0 aromatic heterocycles. The number of halogens is 1. The first kappa shape index (κ1) is 26.5. The SMILES string of the molecule is CN(C)C1CCN(CC(c2ccc(OCc3ccc4ccccc4c3)c(Cl)c2)C2(O)CCCCC2)CC1. The summed E-state index contributed by atoms with van der Waals surface area (Å²) in [5.74, 6) is 0.746. The Kier molecular flexibility index (Phi) is 8.40. The first-order valence-corrected chi connectivity index (χ1v) is 14.3. The van der Waals surface area contributed by atoms with E-state index in [0.29, 0.717) is 23.4 Å². The molecule has 1 heterocycles. The molecule has 37 heavy (non-hydrogen) atoms. The van der Waals surface area contributed by atoms with Gasteiger partial charge in [0.2, 0.25) is 0 Å². The number of hydrogen-bond donors (Lipinski definition) is 1. The quantitative estimate of drug-likeness (QED) is 0.351. The van der Waals surface area contributed by atoms with E-state index in [4.69, 9.17) is 16.3 Å². The molecule has 5 rings (SSSR count). The zero-order valence-electron chi connectivity index (χ0n) is 22.3. The Hall–Kier alpha value is -2.11. The Bertz CT molecular complexity index is 1180. The van der Waals surface area contributed by atoms with Gasteiger partial charge in [0.05, 0.1) is 10.6 Å². The highest BCUT2D eigenvalue weighted by Crippen LogP contribution is 2.42. The molecule has 3 aromatic rings. The van der Waals surface area contributed by atoms with Crippen LogP contribution in [0.2, 0.25) is 5.02 Å². The summed E-state index contributed by atoms with van der Waals surface area (Å²) in [6.07, 6.45) is 7.49. The molecule has 1 aliphatic heterocycles. The molecular weight excluding hydrogens is 480 g/mol. The van der Waals surface area contributed by atoms with Crippen molar-refractivity contribution in [3.05, 3.63) is 76.8 Å². The van der Waals surface area contributed by atoms with E-state index in [2.05, 4.69) is 72.4 Å². The van der Waals surface area contributed by atoms with E-state index in [9.17, 15) is 5.11 Å². The van der Waals surface area contributed by atoms with Crippen molar-refractivity contribution in [3.63, 3.8) is 0 Å². The van der Waals surface area contributed by atoms with E-state index in [1.807, 2.05) is 12.1 Å². The van der Waals surface area contributed by atoms with Gasteiger partial charge in [0.15, 0.2) is 0 Å². The normalized spacial score (nSPS) is 19.8. The maximum absolute atomic E-state index is 11.8. The molecule has 0 bridgehead atoms. The summed E-state index contributed by atoms with van der Waals surface area (Å²) < 4.78 is 6.15. The van der Waals surface area contributed by atoms with Crippen LogP contribution in [0.5, 0.6) is 5.75 Å². The second-order valence-corrected chi connectivity index (χ2v) is 11.8. The monoisotopic (exact) mass is 520 g/mol. The minimum absolute atomic E-state index is 0.0516. The van der Waals surface area contributed by atoms with Gasteiger partial charge in [-0.2, -0.15) is 0 Å². The fourth-order valence-electron chi connectivity index (χ4n) is 6.32. The lowest BCUT2D eigenvalue weighted by Gasteiger charge is -2.43. The molecule has 1 saturated heterocycles. The average molecular weight is 521 g/mol. The lowest BCUT2D eigenvalue weighted by molar-refractivity contribution is -0.0335. The minimum atomic E-state index is -0.673. The molecule has 4 nitrogen and oxygen atoms in total. The van der Waals surface area contributed by atoms with Crippen LogP contribution in [-0.2, 0) is 6.61 Å². The van der Waals surface area contributed by atoms with Crippen LogP contribution in [0.3, 0.4) is 0 Å². The highest BCUT2D eigenvalue weighted by atomic mass is 35.5. The molecule has 198 valence electrons. The number of piperidine rings is 1. The number of rotatable bonds is 8. The van der Waals surface area contributed by atoms with Crippen molar-refractivity contribution < 1.29 is 9.84 Å². The van der Waals surface area contributed by atoms with Crippen molar-refractivity contribution in [2.24, 2.45) is 0 Å². The molecule has 1 saturated carbocycles. The Morgan fingerprint density at radius 3 is 2.41 bits per heavy atom. The number of nitrogens with zero attached hydrogens (tertiary/aromatic N) is 2. The second kappa shape index (κ2) is 11.7. The van der Waals surface area contributed by atoms with Crippen molar-refractivity contribution >= 4 is 22.4 Å². The summed E-state index contributed by atoms with van der Waals surface area (Å²) in [4.78, 5) is 4.90. The molecule has 0 spiro atoms. The van der Waals surface area contributed by atoms with E-state index >= 15 is 0 Å². The smallest absolute Gasteiger partial charge is 0.138 e. The van der Waals surface area contributed by atoms with Gasteiger partial charge < -0.3 is 19.6 Å². The van der Waals surface area contributed by atoms with Crippen LogP contribution in [0.4, 0.5) is 0 Å². The largest absolute Gasteiger partial charge is 0.487 e. The summed E-state index contributed by atoms with van der Waals surface area (Å²) in [6.45, 7) is 3.51. The van der Waals surface area contributed by atoms with Crippen molar-refractivity contribution in [1.29, 1.82) is 0 Å². The highest BCUT2D eigenvalue weighted by molar-refractivity contribution is 6.32. The summed E-state index contributed by atoms with van der Waals surface area (Å²) in [5, 5.41) is 14.9. The van der Waals surface area contributed by atoms with Gasteiger partial charge in [-0.3, -0.25) is 0 Å². The van der Waals surface area contributed by atoms with E-state index in [1.54, 1.807) is 0 Å². The lowest BCUT2D eigenvalue weighted by Crippen LogP contribution is -2.48. The van der Waals surface area contributed by atoms with E-state index in [-0.39, 0.29) is 5.92 Å². The zero-order chi connectivity index (χ0) is 25.8. The predicted octanol–water partition coefficient (Wildman–Crippen LogP) is 6.88. The van der Waals surface area contributed by atoms with Gasteiger partial charge >= 0.3 is 0 Å². The number of aliphatic hydroxyl groups is 1. The average Bonchev–Trinajstić information content (AvgIpc) is 2.91. The van der Waals surface area contributed by atoms with Crippen LogP contribution < -0.4 is 4.74 Å². The van der Waals surface area contributed by atoms with Gasteiger partial charge in [-0.05, 0) is 93.0 Å². The molecular formula is C32H41ClN2O2. The van der Waals surface area contributed by atoms with E-state index in [0.717, 1.165) is 56.4 Å². The number of benzene rings is 3. The van der Waals surface area contributed by atoms with Crippen LogP contribution in [0, 0.1) is 0 Å². The van der Waals surface area contributed by atoms with Crippen molar-refractivity contribution in [2.75, 3.05) is 33.7 Å². The highest BCUT2D eigenvalue weighted by Gasteiger charge is 2.40. The maximum Gasteiger partial charge on any atom is 0.138 e. The topological polar surface area (TPSA) is 35.9 Å². The van der Waals surface area contributed by atoms with Gasteiger partial charge in [0.1, 0.15) is 12.4 Å². The summed E-state index contributed by atoms with van der Waals surface area (Å²) in [6, 6.07) is 21.6. The third-order valence-electron chi connectivity index (χ3n) is 8.66. The van der Waals surface area contributed by atoms with Gasteiger partial charge in [0.25, 0.3) is 0 Å². The third kappa shape index (κ3) is 6.31. The molecule has 1 atom stereocenters. The molecule has 0 radical (unpaired) electrons. The number of hydrogen-bond acceptors (Lipinski definition) is 4. The molecule has 5 heteroatoms. The van der Waals surface area contributed by atoms with Gasteiger partial charge in [-0.25, -0.2) is 0 Å². The fraction of sp³-hybridized carbons (Fsp3) is 0.500. The van der Waals surface area contributed by atoms with Gasteiger partial charge in [0, 0.05) is 18.5 Å². The van der Waals surface area contributed by atoms with Gasteiger partial charge in [-0.15, -0.1) is 0 Å². The number of ether oxygens (including phenoxy) is 1.